The Labute approximate surface area is 157 Å². The number of aliphatic hydroxyl groups excluding tert-OH is 2. The minimum atomic E-state index is -1.31. The number of benzene rings is 1. The molecular formula is C19H24O8. The van der Waals surface area contributed by atoms with Crippen molar-refractivity contribution in [1.82, 2.24) is 0 Å². The summed E-state index contributed by atoms with van der Waals surface area (Å²) in [7, 11) is 3.05. The number of ketones is 1. The molecule has 0 radical (unpaired) electrons. The van der Waals surface area contributed by atoms with Gasteiger partial charge in [0.2, 0.25) is 0 Å². The highest BCUT2D eigenvalue weighted by molar-refractivity contribution is 5.94. The van der Waals surface area contributed by atoms with Crippen LogP contribution >= 0.6 is 0 Å². The van der Waals surface area contributed by atoms with E-state index in [0.29, 0.717) is 11.5 Å². The fourth-order valence-electron chi connectivity index (χ4n) is 2.78. The summed E-state index contributed by atoms with van der Waals surface area (Å²) >= 11 is 0. The summed E-state index contributed by atoms with van der Waals surface area (Å²) in [6, 6.07) is 5.22. The molecule has 1 aromatic rings. The van der Waals surface area contributed by atoms with Crippen molar-refractivity contribution in [2.45, 2.75) is 37.8 Å². The quantitative estimate of drug-likeness (QED) is 0.526. The number of allylic oxidation sites excluding steroid dienone is 1. The van der Waals surface area contributed by atoms with Crippen molar-refractivity contribution in [3.63, 3.8) is 0 Å². The van der Waals surface area contributed by atoms with Crippen molar-refractivity contribution < 1.29 is 38.7 Å². The molecule has 1 fully saturated rings. The highest BCUT2D eigenvalue weighted by Gasteiger charge is 2.41. The van der Waals surface area contributed by atoms with Crippen LogP contribution in [0.2, 0.25) is 0 Å². The largest absolute Gasteiger partial charge is 0.493 e. The second kappa shape index (κ2) is 9.50. The van der Waals surface area contributed by atoms with Crippen LogP contribution in [-0.2, 0) is 19.1 Å². The van der Waals surface area contributed by atoms with E-state index in [9.17, 15) is 19.8 Å². The van der Waals surface area contributed by atoms with E-state index in [4.69, 9.17) is 18.9 Å². The van der Waals surface area contributed by atoms with E-state index < -0.39 is 30.4 Å². The lowest BCUT2D eigenvalue weighted by atomic mass is 9.96. The first-order chi connectivity index (χ1) is 12.8. The van der Waals surface area contributed by atoms with E-state index in [1.165, 1.54) is 27.2 Å². The van der Waals surface area contributed by atoms with Gasteiger partial charge in [0.25, 0.3) is 0 Å². The van der Waals surface area contributed by atoms with Crippen molar-refractivity contribution in [2.75, 3.05) is 20.8 Å². The summed E-state index contributed by atoms with van der Waals surface area (Å²) in [6.45, 7) is 1.04. The summed E-state index contributed by atoms with van der Waals surface area (Å²) in [5, 5.41) is 19.7. The van der Waals surface area contributed by atoms with Gasteiger partial charge >= 0.3 is 5.97 Å². The monoisotopic (exact) mass is 380 g/mol. The maximum Gasteiger partial charge on any atom is 0.303 e. The number of hydrogen-bond acceptors (Lipinski definition) is 8. The predicted molar refractivity (Wildman–Crippen MR) is 95.5 cm³/mol. The molecule has 2 N–H and O–H groups in total. The Bertz CT molecular complexity index is 699. The molecule has 0 bridgehead atoms. The molecule has 2 rings (SSSR count). The molecule has 1 unspecified atom stereocenters. The maximum atomic E-state index is 12.3. The van der Waals surface area contributed by atoms with Gasteiger partial charge in [-0.1, -0.05) is 12.1 Å². The van der Waals surface area contributed by atoms with Gasteiger partial charge in [-0.15, -0.1) is 0 Å². The van der Waals surface area contributed by atoms with Crippen LogP contribution in [0.25, 0.3) is 6.08 Å². The first-order valence-electron chi connectivity index (χ1n) is 8.43. The molecular weight excluding hydrogens is 356 g/mol. The molecule has 1 saturated heterocycles. The van der Waals surface area contributed by atoms with Gasteiger partial charge in [-0.25, -0.2) is 0 Å². The summed E-state index contributed by atoms with van der Waals surface area (Å²) in [4.78, 5) is 23.5. The number of rotatable bonds is 7. The van der Waals surface area contributed by atoms with E-state index in [2.05, 4.69) is 0 Å². The molecule has 27 heavy (non-hydrogen) atoms. The minimum absolute atomic E-state index is 0.106. The van der Waals surface area contributed by atoms with Gasteiger partial charge in [-0.2, -0.15) is 0 Å². The van der Waals surface area contributed by atoms with Crippen LogP contribution in [0.5, 0.6) is 11.5 Å². The van der Waals surface area contributed by atoms with E-state index in [1.54, 1.807) is 24.3 Å². The third-order valence-electron chi connectivity index (χ3n) is 4.15. The van der Waals surface area contributed by atoms with Crippen LogP contribution < -0.4 is 9.47 Å². The average Bonchev–Trinajstić information content (AvgIpc) is 2.65. The zero-order valence-electron chi connectivity index (χ0n) is 15.5. The molecule has 0 aliphatic carbocycles. The Balaban J connectivity index is 2.05. The molecule has 8 nitrogen and oxygen atoms in total. The highest BCUT2D eigenvalue weighted by Crippen LogP contribution is 2.28. The lowest BCUT2D eigenvalue weighted by Crippen LogP contribution is -2.55. The van der Waals surface area contributed by atoms with Crippen LogP contribution in [0.15, 0.2) is 24.3 Å². The van der Waals surface area contributed by atoms with Gasteiger partial charge in [-0.05, 0) is 23.8 Å². The van der Waals surface area contributed by atoms with Crippen LogP contribution in [0, 0.1) is 0 Å². The number of ether oxygens (including phenoxy) is 4. The number of aliphatic hydroxyl groups is 2. The summed E-state index contributed by atoms with van der Waals surface area (Å²) in [6.07, 6.45) is -1.56. The Morgan fingerprint density at radius 3 is 2.56 bits per heavy atom. The van der Waals surface area contributed by atoms with E-state index >= 15 is 0 Å². The number of carbonyl (C=O) groups is 2. The smallest absolute Gasteiger partial charge is 0.303 e. The van der Waals surface area contributed by atoms with Gasteiger partial charge in [0.05, 0.1) is 20.8 Å². The topological polar surface area (TPSA) is 112 Å². The fraction of sp³-hybridized carbons (Fsp3) is 0.474. The molecule has 8 heteroatoms. The Kier molecular flexibility index (Phi) is 7.35. The lowest BCUT2D eigenvalue weighted by Gasteiger charge is -2.37. The second-order valence-corrected chi connectivity index (χ2v) is 6.12. The van der Waals surface area contributed by atoms with Gasteiger partial charge in [0.1, 0.15) is 18.3 Å². The van der Waals surface area contributed by atoms with Crippen molar-refractivity contribution in [1.29, 1.82) is 0 Å². The number of methoxy groups -OCH3 is 2. The fourth-order valence-corrected chi connectivity index (χ4v) is 2.78. The van der Waals surface area contributed by atoms with Gasteiger partial charge in [0, 0.05) is 13.3 Å². The molecule has 0 spiro atoms. The van der Waals surface area contributed by atoms with Crippen molar-refractivity contribution >= 4 is 17.8 Å². The molecule has 1 aliphatic rings. The van der Waals surface area contributed by atoms with Crippen molar-refractivity contribution in [2.24, 2.45) is 0 Å². The third-order valence-corrected chi connectivity index (χ3v) is 4.15. The number of hydrogen-bond donors (Lipinski definition) is 2. The summed E-state index contributed by atoms with van der Waals surface area (Å²) in [5.41, 5.74) is 0.734. The standard InChI is InChI=1S/C19H24O8/c1-11(20)27-19-17(26-10-14(22)18(19)23)9-13(21)6-4-12-5-7-15(24-2)16(8-12)25-3/h4-8,14,17-19,22-23H,9-10H2,1-3H3/b6-4+/t14-,17?,18+,19+/m1/s1. The van der Waals surface area contributed by atoms with E-state index in [1.807, 2.05) is 0 Å². The molecule has 0 aromatic heterocycles. The molecule has 1 heterocycles. The van der Waals surface area contributed by atoms with Crippen molar-refractivity contribution in [3.05, 3.63) is 29.8 Å². The predicted octanol–water partition coefficient (Wildman–Crippen LogP) is 0.728. The van der Waals surface area contributed by atoms with Crippen LogP contribution in [-0.4, -0.2) is 67.2 Å². The Morgan fingerprint density at radius 1 is 1.22 bits per heavy atom. The van der Waals surface area contributed by atoms with E-state index in [0.717, 1.165) is 5.56 Å². The van der Waals surface area contributed by atoms with Crippen LogP contribution in [0.4, 0.5) is 0 Å². The zero-order chi connectivity index (χ0) is 20.0. The Morgan fingerprint density at radius 2 is 1.93 bits per heavy atom. The molecule has 148 valence electrons. The number of carbonyl (C=O) groups excluding carboxylic acids is 2. The zero-order valence-corrected chi connectivity index (χ0v) is 15.5. The van der Waals surface area contributed by atoms with Gasteiger partial charge in [-0.3, -0.25) is 9.59 Å². The van der Waals surface area contributed by atoms with Crippen molar-refractivity contribution in [3.8, 4) is 11.5 Å². The van der Waals surface area contributed by atoms with Crippen LogP contribution in [0.1, 0.15) is 18.9 Å². The van der Waals surface area contributed by atoms with Gasteiger partial charge < -0.3 is 29.2 Å². The van der Waals surface area contributed by atoms with Crippen LogP contribution in [0.3, 0.4) is 0 Å². The Hall–Kier alpha value is -2.42. The first-order valence-corrected chi connectivity index (χ1v) is 8.43. The first kappa shape index (κ1) is 20.9. The lowest BCUT2D eigenvalue weighted by molar-refractivity contribution is -0.207. The minimum Gasteiger partial charge on any atom is -0.493 e. The molecule has 4 atom stereocenters. The molecule has 0 amide bonds. The normalized spacial score (nSPS) is 25.2. The summed E-state index contributed by atoms with van der Waals surface area (Å²) in [5.74, 6) is 0.202. The maximum absolute atomic E-state index is 12.3. The summed E-state index contributed by atoms with van der Waals surface area (Å²) < 4.78 is 20.8. The third kappa shape index (κ3) is 5.53. The highest BCUT2D eigenvalue weighted by atomic mass is 16.6. The molecule has 1 aliphatic heterocycles. The number of esters is 1. The van der Waals surface area contributed by atoms with E-state index in [-0.39, 0.29) is 18.8 Å². The molecule has 0 saturated carbocycles. The average molecular weight is 380 g/mol. The SMILES string of the molecule is COc1ccc(/C=C/C(=O)CC2OC[C@@H](O)[C@H](O)[C@H]2OC(C)=O)cc1OC. The van der Waals surface area contributed by atoms with Gasteiger partial charge in [0.15, 0.2) is 23.4 Å². The second-order valence-electron chi connectivity index (χ2n) is 6.12. The molecule has 1 aromatic carbocycles.